The Labute approximate surface area is 338 Å². The van der Waals surface area contributed by atoms with E-state index in [-0.39, 0.29) is 0 Å². The van der Waals surface area contributed by atoms with E-state index in [2.05, 4.69) is 132 Å². The summed E-state index contributed by atoms with van der Waals surface area (Å²) in [5.41, 5.74) is 10.1. The molecule has 0 spiro atoms. The highest BCUT2D eigenvalue weighted by Crippen LogP contribution is 2.43. The fourth-order valence-electron chi connectivity index (χ4n) is 8.74. The number of aromatic nitrogens is 2. The van der Waals surface area contributed by atoms with Crippen LogP contribution in [0.5, 0.6) is 0 Å². The lowest BCUT2D eigenvalue weighted by Crippen LogP contribution is -2.03. The standard InChI is InChI=1S/C54H33F3N2/c55-54(56,57)40-24-20-35(21-25-40)38-22-26-44-42-18-10-11-19-43(42)46-32-49-48-29-39(34-12-4-1-5-13-34)23-27-52(48)59(53(49)33-47(46)45(44)28-38)41-30-50(36-14-6-2-7-15-36)58-51(31-41)37-16-8-3-9-17-37/h1-33H. The van der Waals surface area contributed by atoms with E-state index < -0.39 is 11.7 Å². The van der Waals surface area contributed by atoms with Crippen LogP contribution < -0.4 is 0 Å². The molecule has 59 heavy (non-hydrogen) atoms. The highest BCUT2D eigenvalue weighted by atomic mass is 19.4. The summed E-state index contributed by atoms with van der Waals surface area (Å²) in [5.74, 6) is 0. The van der Waals surface area contributed by atoms with Crippen molar-refractivity contribution >= 4 is 54.1 Å². The summed E-state index contributed by atoms with van der Waals surface area (Å²) < 4.78 is 43.0. The minimum atomic E-state index is -4.40. The molecule has 0 saturated heterocycles. The Bertz CT molecular complexity index is 3330. The lowest BCUT2D eigenvalue weighted by atomic mass is 9.91. The zero-order chi connectivity index (χ0) is 39.7. The van der Waals surface area contributed by atoms with Crippen LogP contribution in [0, 0.1) is 0 Å². The van der Waals surface area contributed by atoms with Gasteiger partial charge in [0.15, 0.2) is 0 Å². The molecule has 11 rings (SSSR count). The van der Waals surface area contributed by atoms with Crippen molar-refractivity contribution in [3.8, 4) is 50.5 Å². The number of hydrogen-bond donors (Lipinski definition) is 0. The number of pyridine rings is 1. The molecule has 0 bridgehead atoms. The number of hydrogen-bond acceptors (Lipinski definition) is 1. The van der Waals surface area contributed by atoms with Crippen molar-refractivity contribution in [2.24, 2.45) is 0 Å². The number of fused-ring (bicyclic) bond motifs is 9. The quantitative estimate of drug-likeness (QED) is 0.160. The minimum absolute atomic E-state index is 0.661. The molecule has 11 aromatic rings. The lowest BCUT2D eigenvalue weighted by molar-refractivity contribution is -0.137. The van der Waals surface area contributed by atoms with Gasteiger partial charge in [0.2, 0.25) is 0 Å². The first-order valence-electron chi connectivity index (χ1n) is 19.6. The van der Waals surface area contributed by atoms with Gasteiger partial charge in [0.05, 0.1) is 33.7 Å². The average molecular weight is 767 g/mol. The van der Waals surface area contributed by atoms with E-state index >= 15 is 0 Å². The third-order valence-corrected chi connectivity index (χ3v) is 11.6. The predicted molar refractivity (Wildman–Crippen MR) is 238 cm³/mol. The maximum Gasteiger partial charge on any atom is 0.416 e. The zero-order valence-electron chi connectivity index (χ0n) is 31.6. The van der Waals surface area contributed by atoms with E-state index in [1.165, 1.54) is 0 Å². The lowest BCUT2D eigenvalue weighted by Gasteiger charge is -2.15. The van der Waals surface area contributed by atoms with Crippen molar-refractivity contribution in [2.45, 2.75) is 6.18 Å². The molecule has 2 nitrogen and oxygen atoms in total. The first kappa shape index (κ1) is 34.7. The van der Waals surface area contributed by atoms with Gasteiger partial charge in [0.25, 0.3) is 0 Å². The van der Waals surface area contributed by atoms with Crippen LogP contribution in [-0.4, -0.2) is 9.55 Å². The van der Waals surface area contributed by atoms with E-state index in [1.54, 1.807) is 12.1 Å². The van der Waals surface area contributed by atoms with Crippen molar-refractivity contribution in [2.75, 3.05) is 0 Å². The molecule has 9 aromatic carbocycles. The monoisotopic (exact) mass is 766 g/mol. The zero-order valence-corrected chi connectivity index (χ0v) is 31.6. The minimum Gasteiger partial charge on any atom is -0.309 e. The molecule has 0 atom stereocenters. The predicted octanol–water partition coefficient (Wildman–Crippen LogP) is 15.3. The SMILES string of the molecule is FC(F)(F)c1ccc(-c2ccc3c4ccccc4c4cc5c6cc(-c7ccccc7)ccc6n(-c6cc(-c7ccccc7)nc(-c7ccccc7)c6)c5cc4c3c2)cc1. The number of halogens is 3. The van der Waals surface area contributed by atoms with Gasteiger partial charge in [-0.1, -0.05) is 146 Å². The molecular formula is C54H33F3N2. The number of nitrogens with zero attached hydrogens (tertiary/aromatic N) is 2. The van der Waals surface area contributed by atoms with Crippen LogP contribution in [0.25, 0.3) is 105 Å². The van der Waals surface area contributed by atoms with Gasteiger partial charge in [-0.25, -0.2) is 4.98 Å². The Morgan fingerprint density at radius 3 is 1.37 bits per heavy atom. The highest BCUT2D eigenvalue weighted by Gasteiger charge is 2.30. The molecule has 0 N–H and O–H groups in total. The molecule has 280 valence electrons. The number of benzene rings is 9. The normalized spacial score (nSPS) is 12.0. The fraction of sp³-hybridized carbons (Fsp3) is 0.0185. The molecular weight excluding hydrogens is 734 g/mol. The smallest absolute Gasteiger partial charge is 0.309 e. The van der Waals surface area contributed by atoms with Gasteiger partial charge in [-0.05, 0) is 109 Å². The van der Waals surface area contributed by atoms with E-state index in [4.69, 9.17) is 4.98 Å². The summed E-state index contributed by atoms with van der Waals surface area (Å²) in [6, 6.07) is 66.9. The summed E-state index contributed by atoms with van der Waals surface area (Å²) in [6.07, 6.45) is -4.40. The van der Waals surface area contributed by atoms with E-state index in [9.17, 15) is 13.2 Å². The summed E-state index contributed by atoms with van der Waals surface area (Å²) in [6.45, 7) is 0. The molecule has 2 heterocycles. The molecule has 0 fully saturated rings. The van der Waals surface area contributed by atoms with Crippen molar-refractivity contribution in [1.82, 2.24) is 9.55 Å². The maximum absolute atomic E-state index is 13.5. The van der Waals surface area contributed by atoms with E-state index in [1.807, 2.05) is 48.5 Å². The molecule has 0 amide bonds. The molecule has 2 aromatic heterocycles. The Balaban J connectivity index is 1.25. The van der Waals surface area contributed by atoms with Crippen molar-refractivity contribution in [3.05, 3.63) is 206 Å². The molecule has 0 aliphatic carbocycles. The Hall–Kier alpha value is -7.50. The molecule has 0 saturated carbocycles. The Kier molecular flexibility index (Phi) is 7.99. The van der Waals surface area contributed by atoms with Gasteiger partial charge in [0.1, 0.15) is 0 Å². The van der Waals surface area contributed by atoms with Gasteiger partial charge in [-0.2, -0.15) is 13.2 Å². The summed E-state index contributed by atoms with van der Waals surface area (Å²) in [5, 5.41) is 8.80. The largest absolute Gasteiger partial charge is 0.416 e. The molecule has 5 heteroatoms. The molecule has 0 radical (unpaired) electrons. The topological polar surface area (TPSA) is 17.8 Å². The first-order valence-corrected chi connectivity index (χ1v) is 19.6. The van der Waals surface area contributed by atoms with Gasteiger partial charge < -0.3 is 4.57 Å². The number of alkyl halides is 3. The summed E-state index contributed by atoms with van der Waals surface area (Å²) in [7, 11) is 0. The van der Waals surface area contributed by atoms with Gasteiger partial charge in [-0.15, -0.1) is 0 Å². The fourth-order valence-corrected chi connectivity index (χ4v) is 8.74. The third-order valence-electron chi connectivity index (χ3n) is 11.6. The molecule has 0 unspecified atom stereocenters. The molecule has 0 aliphatic heterocycles. The second kappa shape index (κ2) is 13.6. The average Bonchev–Trinajstić information content (AvgIpc) is 3.61. The van der Waals surface area contributed by atoms with Gasteiger partial charge >= 0.3 is 6.18 Å². The van der Waals surface area contributed by atoms with Crippen molar-refractivity contribution in [1.29, 1.82) is 0 Å². The highest BCUT2D eigenvalue weighted by molar-refractivity contribution is 6.29. The van der Waals surface area contributed by atoms with Crippen LogP contribution in [0.15, 0.2) is 200 Å². The van der Waals surface area contributed by atoms with Gasteiger partial charge in [0, 0.05) is 21.9 Å². The van der Waals surface area contributed by atoms with E-state index in [0.717, 1.165) is 117 Å². The van der Waals surface area contributed by atoms with Crippen LogP contribution in [0.2, 0.25) is 0 Å². The second-order valence-corrected chi connectivity index (χ2v) is 15.1. The van der Waals surface area contributed by atoms with Crippen LogP contribution in [-0.2, 0) is 6.18 Å². The van der Waals surface area contributed by atoms with Crippen molar-refractivity contribution < 1.29 is 13.2 Å². The Morgan fingerprint density at radius 2 is 0.763 bits per heavy atom. The van der Waals surface area contributed by atoms with Crippen LogP contribution in [0.4, 0.5) is 13.2 Å². The third kappa shape index (κ3) is 5.93. The van der Waals surface area contributed by atoms with Crippen LogP contribution in [0.3, 0.4) is 0 Å². The summed E-state index contributed by atoms with van der Waals surface area (Å²) >= 11 is 0. The number of rotatable bonds is 5. The summed E-state index contributed by atoms with van der Waals surface area (Å²) in [4.78, 5) is 5.20. The van der Waals surface area contributed by atoms with Gasteiger partial charge in [-0.3, -0.25) is 0 Å². The first-order chi connectivity index (χ1) is 28.9. The van der Waals surface area contributed by atoms with Crippen LogP contribution in [0.1, 0.15) is 5.56 Å². The second-order valence-electron chi connectivity index (χ2n) is 15.1. The Morgan fingerprint density at radius 1 is 0.322 bits per heavy atom. The van der Waals surface area contributed by atoms with E-state index in [0.29, 0.717) is 0 Å². The maximum atomic E-state index is 13.5. The van der Waals surface area contributed by atoms with Crippen LogP contribution >= 0.6 is 0 Å². The van der Waals surface area contributed by atoms with Crippen molar-refractivity contribution in [3.63, 3.8) is 0 Å². The molecule has 0 aliphatic rings.